The van der Waals surface area contributed by atoms with Crippen LogP contribution in [0.5, 0.6) is 5.75 Å². The number of hydrogen-bond acceptors (Lipinski definition) is 6. The van der Waals surface area contributed by atoms with Crippen LogP contribution in [-0.2, 0) is 12.2 Å². The van der Waals surface area contributed by atoms with E-state index >= 15 is 0 Å². The minimum absolute atomic E-state index is 0.186. The Morgan fingerprint density at radius 3 is 2.50 bits per heavy atom. The molecule has 0 aliphatic rings. The number of rotatable bonds is 7. The van der Waals surface area contributed by atoms with Gasteiger partial charge in [0.25, 0.3) is 5.89 Å². The van der Waals surface area contributed by atoms with Crippen molar-refractivity contribution < 1.29 is 14.4 Å². The lowest BCUT2D eigenvalue weighted by Crippen LogP contribution is -2.28. The van der Waals surface area contributed by atoms with Gasteiger partial charge in [-0.2, -0.15) is 4.98 Å². The molecule has 0 saturated heterocycles. The second-order valence-electron chi connectivity index (χ2n) is 7.38. The van der Waals surface area contributed by atoms with E-state index in [4.69, 9.17) is 9.26 Å². The van der Waals surface area contributed by atoms with Crippen LogP contribution in [0.3, 0.4) is 0 Å². The average molecular weight is 401 g/mol. The number of nitrogens with zero attached hydrogens (tertiary/aromatic N) is 3. The molecule has 0 spiro atoms. The van der Waals surface area contributed by atoms with Gasteiger partial charge in [0.15, 0.2) is 0 Å². The zero-order valence-electron chi connectivity index (χ0n) is 16.9. The van der Waals surface area contributed by atoms with Gasteiger partial charge in [-0.1, -0.05) is 48.5 Å². The summed E-state index contributed by atoms with van der Waals surface area (Å²) in [6, 6.07) is 21.1. The number of pyridine rings is 1. The van der Waals surface area contributed by atoms with Gasteiger partial charge in [-0.15, -0.1) is 0 Å². The van der Waals surface area contributed by atoms with Gasteiger partial charge in [0.1, 0.15) is 18.0 Å². The molecule has 6 heteroatoms. The topological polar surface area (TPSA) is 81.3 Å². The van der Waals surface area contributed by atoms with Crippen molar-refractivity contribution in [2.45, 2.75) is 32.0 Å². The Hall–Kier alpha value is -3.51. The van der Waals surface area contributed by atoms with E-state index in [0.717, 1.165) is 22.4 Å². The summed E-state index contributed by atoms with van der Waals surface area (Å²) in [6.45, 7) is 4.07. The third-order valence-electron chi connectivity index (χ3n) is 5.24. The zero-order chi connectivity index (χ0) is 21.0. The van der Waals surface area contributed by atoms with E-state index in [1.54, 1.807) is 19.3 Å². The Balaban J connectivity index is 1.47. The molecule has 152 valence electrons. The quantitative estimate of drug-likeness (QED) is 0.482. The SMILES string of the molecule is CC(c1ccccc1)C(C)(O)c1nc(-c2ccc(OCc3cccnc3)cc2)no1. The molecule has 0 bridgehead atoms. The molecular formula is C24H23N3O3. The van der Waals surface area contributed by atoms with Crippen LogP contribution >= 0.6 is 0 Å². The number of ether oxygens (including phenoxy) is 1. The highest BCUT2D eigenvalue weighted by Gasteiger charge is 2.37. The molecule has 2 aromatic carbocycles. The molecule has 0 amide bonds. The van der Waals surface area contributed by atoms with Crippen molar-refractivity contribution in [3.05, 3.63) is 96.1 Å². The van der Waals surface area contributed by atoms with Crippen molar-refractivity contribution in [2.75, 3.05) is 0 Å². The van der Waals surface area contributed by atoms with Gasteiger partial charge in [0.2, 0.25) is 5.82 Å². The van der Waals surface area contributed by atoms with Crippen LogP contribution in [0, 0.1) is 0 Å². The maximum absolute atomic E-state index is 11.1. The number of aromatic nitrogens is 3. The van der Waals surface area contributed by atoms with Crippen LogP contribution in [0.2, 0.25) is 0 Å². The summed E-state index contributed by atoms with van der Waals surface area (Å²) in [5.41, 5.74) is 1.48. The van der Waals surface area contributed by atoms with Gasteiger partial charge in [0, 0.05) is 29.4 Å². The summed E-state index contributed by atoms with van der Waals surface area (Å²) in [6.07, 6.45) is 3.51. The standard InChI is InChI=1S/C24H23N3O3/c1-17(19-8-4-3-5-9-19)24(2,28)23-26-22(27-30-23)20-10-12-21(13-11-20)29-16-18-7-6-14-25-15-18/h3-15,17,28H,16H2,1-2H3. The van der Waals surface area contributed by atoms with E-state index in [1.165, 1.54) is 0 Å². The summed E-state index contributed by atoms with van der Waals surface area (Å²) >= 11 is 0. The first kappa shape index (κ1) is 19.8. The van der Waals surface area contributed by atoms with E-state index in [-0.39, 0.29) is 11.8 Å². The molecular weight excluding hydrogens is 378 g/mol. The Bertz CT molecular complexity index is 1080. The van der Waals surface area contributed by atoms with Crippen LogP contribution in [-0.4, -0.2) is 20.2 Å². The maximum atomic E-state index is 11.1. The molecule has 0 aliphatic heterocycles. The fraction of sp³-hybridized carbons (Fsp3) is 0.208. The predicted molar refractivity (Wildman–Crippen MR) is 113 cm³/mol. The largest absolute Gasteiger partial charge is 0.489 e. The second kappa shape index (κ2) is 8.47. The number of aliphatic hydroxyl groups is 1. The summed E-state index contributed by atoms with van der Waals surface area (Å²) in [7, 11) is 0. The van der Waals surface area contributed by atoms with Gasteiger partial charge in [-0.3, -0.25) is 4.98 Å². The first-order valence-corrected chi connectivity index (χ1v) is 9.77. The van der Waals surface area contributed by atoms with Crippen molar-refractivity contribution in [2.24, 2.45) is 0 Å². The van der Waals surface area contributed by atoms with Gasteiger partial charge >= 0.3 is 0 Å². The van der Waals surface area contributed by atoms with Crippen molar-refractivity contribution in [1.82, 2.24) is 15.1 Å². The molecule has 4 rings (SSSR count). The van der Waals surface area contributed by atoms with Crippen molar-refractivity contribution >= 4 is 0 Å². The Labute approximate surface area is 175 Å². The lowest BCUT2D eigenvalue weighted by Gasteiger charge is -2.26. The van der Waals surface area contributed by atoms with Crippen molar-refractivity contribution in [1.29, 1.82) is 0 Å². The normalized spacial score (nSPS) is 14.1. The molecule has 0 saturated carbocycles. The van der Waals surface area contributed by atoms with Gasteiger partial charge in [-0.05, 0) is 42.8 Å². The fourth-order valence-electron chi connectivity index (χ4n) is 3.15. The molecule has 2 unspecified atom stereocenters. The lowest BCUT2D eigenvalue weighted by atomic mass is 9.85. The van der Waals surface area contributed by atoms with Crippen LogP contribution < -0.4 is 4.74 Å². The lowest BCUT2D eigenvalue weighted by molar-refractivity contribution is 0.000604. The van der Waals surface area contributed by atoms with E-state index in [1.807, 2.05) is 73.7 Å². The third-order valence-corrected chi connectivity index (χ3v) is 5.24. The summed E-state index contributed by atoms with van der Waals surface area (Å²) < 4.78 is 11.2. The second-order valence-corrected chi connectivity index (χ2v) is 7.38. The molecule has 1 N–H and O–H groups in total. The monoisotopic (exact) mass is 401 g/mol. The molecule has 0 fully saturated rings. The zero-order valence-corrected chi connectivity index (χ0v) is 16.9. The highest BCUT2D eigenvalue weighted by molar-refractivity contribution is 5.55. The molecule has 2 heterocycles. The highest BCUT2D eigenvalue weighted by Crippen LogP contribution is 2.36. The van der Waals surface area contributed by atoms with Crippen molar-refractivity contribution in [3.8, 4) is 17.1 Å². The van der Waals surface area contributed by atoms with E-state index in [9.17, 15) is 5.11 Å². The molecule has 4 aromatic rings. The molecule has 2 atom stereocenters. The smallest absolute Gasteiger partial charge is 0.259 e. The summed E-state index contributed by atoms with van der Waals surface area (Å²) in [5.74, 6) is 1.13. The first-order chi connectivity index (χ1) is 14.5. The average Bonchev–Trinajstić information content (AvgIpc) is 3.30. The van der Waals surface area contributed by atoms with Crippen molar-refractivity contribution in [3.63, 3.8) is 0 Å². The summed E-state index contributed by atoms with van der Waals surface area (Å²) in [5, 5.41) is 15.1. The van der Waals surface area contributed by atoms with E-state index in [0.29, 0.717) is 12.4 Å². The van der Waals surface area contributed by atoms with E-state index in [2.05, 4.69) is 15.1 Å². The molecule has 0 radical (unpaired) electrons. The van der Waals surface area contributed by atoms with Gasteiger partial charge in [-0.25, -0.2) is 0 Å². The Kier molecular flexibility index (Phi) is 5.59. The molecule has 30 heavy (non-hydrogen) atoms. The van der Waals surface area contributed by atoms with Crippen LogP contribution in [0.25, 0.3) is 11.4 Å². The molecule has 6 nitrogen and oxygen atoms in total. The predicted octanol–water partition coefficient (Wildman–Crippen LogP) is 4.72. The first-order valence-electron chi connectivity index (χ1n) is 9.77. The van der Waals surface area contributed by atoms with Gasteiger partial charge < -0.3 is 14.4 Å². The van der Waals surface area contributed by atoms with E-state index < -0.39 is 5.60 Å². The van der Waals surface area contributed by atoms with Crippen LogP contribution in [0.4, 0.5) is 0 Å². The van der Waals surface area contributed by atoms with Crippen LogP contribution in [0.1, 0.15) is 36.8 Å². The maximum Gasteiger partial charge on any atom is 0.259 e. The minimum Gasteiger partial charge on any atom is -0.489 e. The fourth-order valence-corrected chi connectivity index (χ4v) is 3.15. The summed E-state index contributed by atoms with van der Waals surface area (Å²) in [4.78, 5) is 8.52. The Morgan fingerprint density at radius 1 is 1.03 bits per heavy atom. The minimum atomic E-state index is -1.29. The van der Waals surface area contributed by atoms with Gasteiger partial charge in [0.05, 0.1) is 0 Å². The molecule has 0 aliphatic carbocycles. The Morgan fingerprint density at radius 2 is 1.80 bits per heavy atom. The number of benzene rings is 2. The van der Waals surface area contributed by atoms with Crippen LogP contribution in [0.15, 0.2) is 83.6 Å². The third kappa shape index (κ3) is 4.23. The highest BCUT2D eigenvalue weighted by atomic mass is 16.5. The number of hydrogen-bond donors (Lipinski definition) is 1. The molecule has 2 aromatic heterocycles.